The molecule has 1 fully saturated rings. The molecule has 2 atom stereocenters. The van der Waals surface area contributed by atoms with Crippen molar-refractivity contribution in [3.8, 4) is 0 Å². The van der Waals surface area contributed by atoms with Crippen LogP contribution in [-0.4, -0.2) is 59.1 Å². The molecule has 2 amide bonds. The van der Waals surface area contributed by atoms with E-state index in [1.54, 1.807) is 9.80 Å². The monoisotopic (exact) mass is 327 g/mol. The van der Waals surface area contributed by atoms with E-state index in [9.17, 15) is 9.59 Å². The Hall–Kier alpha value is -1.30. The lowest BCUT2D eigenvalue weighted by Gasteiger charge is -2.40. The maximum atomic E-state index is 12.5. The van der Waals surface area contributed by atoms with Crippen molar-refractivity contribution in [3.05, 3.63) is 0 Å². The zero-order valence-electron chi connectivity index (χ0n) is 15.5. The van der Waals surface area contributed by atoms with E-state index in [0.29, 0.717) is 19.6 Å². The molecule has 6 heteroatoms. The average molecular weight is 327 g/mol. The maximum Gasteiger partial charge on any atom is 0.410 e. The predicted octanol–water partition coefficient (Wildman–Crippen LogP) is 2.22. The summed E-state index contributed by atoms with van der Waals surface area (Å²) in [6.45, 7) is 13.2. The molecule has 1 aliphatic heterocycles. The molecule has 6 nitrogen and oxygen atoms in total. The van der Waals surface area contributed by atoms with Crippen LogP contribution in [0.3, 0.4) is 0 Å². The Bertz CT molecular complexity index is 418. The van der Waals surface area contributed by atoms with Gasteiger partial charge in [0.15, 0.2) is 0 Å². The molecule has 1 aliphatic rings. The van der Waals surface area contributed by atoms with E-state index >= 15 is 0 Å². The van der Waals surface area contributed by atoms with Gasteiger partial charge in [-0.2, -0.15) is 0 Å². The molecular formula is C17H33N3O3. The van der Waals surface area contributed by atoms with Gasteiger partial charge in [0.1, 0.15) is 5.60 Å². The van der Waals surface area contributed by atoms with Crippen molar-refractivity contribution in [2.45, 2.75) is 72.1 Å². The second kappa shape index (κ2) is 7.99. The molecule has 0 aromatic heterocycles. The SMILES string of the molecule is CCN(C(=O)OC(C)(C)C)C1CCCN(C(=O)C(N)C(C)C)C1. The van der Waals surface area contributed by atoms with Gasteiger partial charge in [0, 0.05) is 19.6 Å². The third kappa shape index (κ3) is 5.68. The van der Waals surface area contributed by atoms with Gasteiger partial charge in [-0.1, -0.05) is 13.8 Å². The fraction of sp³-hybridized carbons (Fsp3) is 0.882. The Morgan fingerprint density at radius 1 is 1.35 bits per heavy atom. The van der Waals surface area contributed by atoms with Crippen molar-refractivity contribution in [1.29, 1.82) is 0 Å². The van der Waals surface area contributed by atoms with Crippen molar-refractivity contribution >= 4 is 12.0 Å². The second-order valence-electron chi connectivity index (χ2n) is 7.62. The smallest absolute Gasteiger partial charge is 0.410 e. The Kier molecular flexibility index (Phi) is 6.86. The number of rotatable bonds is 4. The molecule has 1 saturated heterocycles. The number of amides is 2. The number of likely N-dealkylation sites (N-methyl/N-ethyl adjacent to an activating group) is 1. The van der Waals surface area contributed by atoms with Crippen LogP contribution in [0.4, 0.5) is 4.79 Å². The minimum absolute atomic E-state index is 0.00749. The highest BCUT2D eigenvalue weighted by atomic mass is 16.6. The third-order valence-electron chi connectivity index (χ3n) is 4.12. The molecule has 0 radical (unpaired) electrons. The molecule has 2 unspecified atom stereocenters. The predicted molar refractivity (Wildman–Crippen MR) is 91.0 cm³/mol. The molecular weight excluding hydrogens is 294 g/mol. The summed E-state index contributed by atoms with van der Waals surface area (Å²) in [5.74, 6) is 0.0842. The number of nitrogens with two attached hydrogens (primary N) is 1. The van der Waals surface area contributed by atoms with Gasteiger partial charge in [0.2, 0.25) is 5.91 Å². The van der Waals surface area contributed by atoms with E-state index in [0.717, 1.165) is 12.8 Å². The van der Waals surface area contributed by atoms with Crippen LogP contribution in [-0.2, 0) is 9.53 Å². The first-order valence-electron chi connectivity index (χ1n) is 8.60. The lowest BCUT2D eigenvalue weighted by atomic mass is 10.00. The molecule has 134 valence electrons. The van der Waals surface area contributed by atoms with Crippen molar-refractivity contribution < 1.29 is 14.3 Å². The van der Waals surface area contributed by atoms with E-state index in [4.69, 9.17) is 10.5 Å². The van der Waals surface area contributed by atoms with Gasteiger partial charge in [-0.3, -0.25) is 4.79 Å². The first kappa shape index (κ1) is 19.7. The van der Waals surface area contributed by atoms with Gasteiger partial charge >= 0.3 is 6.09 Å². The Morgan fingerprint density at radius 2 is 1.96 bits per heavy atom. The molecule has 0 spiro atoms. The molecule has 1 rings (SSSR count). The van der Waals surface area contributed by atoms with Crippen LogP contribution in [0, 0.1) is 5.92 Å². The maximum absolute atomic E-state index is 12.5. The summed E-state index contributed by atoms with van der Waals surface area (Å²) in [5, 5.41) is 0. The number of hydrogen-bond acceptors (Lipinski definition) is 4. The number of ether oxygens (including phenoxy) is 1. The van der Waals surface area contributed by atoms with Crippen LogP contribution >= 0.6 is 0 Å². The fourth-order valence-electron chi connectivity index (χ4n) is 2.76. The van der Waals surface area contributed by atoms with Gasteiger partial charge in [0.25, 0.3) is 0 Å². The molecule has 0 aliphatic carbocycles. The van der Waals surface area contributed by atoms with Crippen LogP contribution in [0.2, 0.25) is 0 Å². The summed E-state index contributed by atoms with van der Waals surface area (Å²) in [7, 11) is 0. The minimum atomic E-state index is -0.519. The summed E-state index contributed by atoms with van der Waals surface area (Å²) in [6, 6.07) is -0.489. The Balaban J connectivity index is 2.75. The van der Waals surface area contributed by atoms with Crippen LogP contribution in [0.25, 0.3) is 0 Å². The van der Waals surface area contributed by atoms with Gasteiger partial charge in [-0.15, -0.1) is 0 Å². The number of hydrogen-bond donors (Lipinski definition) is 1. The van der Waals surface area contributed by atoms with E-state index in [1.807, 2.05) is 41.5 Å². The lowest BCUT2D eigenvalue weighted by molar-refractivity contribution is -0.135. The molecule has 0 bridgehead atoms. The van der Waals surface area contributed by atoms with E-state index in [-0.39, 0.29) is 24.0 Å². The van der Waals surface area contributed by atoms with Crippen molar-refractivity contribution in [2.24, 2.45) is 11.7 Å². The quantitative estimate of drug-likeness (QED) is 0.859. The standard InChI is InChI=1S/C17H33N3O3/c1-7-20(16(22)23-17(4,5)6)13-9-8-10-19(11-13)15(21)14(18)12(2)3/h12-14H,7-11,18H2,1-6H3. The van der Waals surface area contributed by atoms with Crippen molar-refractivity contribution in [2.75, 3.05) is 19.6 Å². The molecule has 2 N–H and O–H groups in total. The number of piperidine rings is 1. The lowest BCUT2D eigenvalue weighted by Crippen LogP contribution is -2.56. The fourth-order valence-corrected chi connectivity index (χ4v) is 2.76. The number of likely N-dealkylation sites (tertiary alicyclic amines) is 1. The van der Waals surface area contributed by atoms with Crippen LogP contribution < -0.4 is 5.73 Å². The summed E-state index contributed by atoms with van der Waals surface area (Å²) < 4.78 is 5.48. The molecule has 23 heavy (non-hydrogen) atoms. The van der Waals surface area contributed by atoms with Gasteiger partial charge in [-0.05, 0) is 46.5 Å². The van der Waals surface area contributed by atoms with Gasteiger partial charge in [0.05, 0.1) is 12.1 Å². The zero-order valence-corrected chi connectivity index (χ0v) is 15.5. The highest BCUT2D eigenvalue weighted by molar-refractivity contribution is 5.82. The zero-order chi connectivity index (χ0) is 17.8. The first-order valence-corrected chi connectivity index (χ1v) is 8.60. The largest absolute Gasteiger partial charge is 0.444 e. The summed E-state index contributed by atoms with van der Waals surface area (Å²) >= 11 is 0. The number of carbonyl (C=O) groups is 2. The second-order valence-corrected chi connectivity index (χ2v) is 7.62. The molecule has 1 heterocycles. The Labute approximate surface area is 140 Å². The molecule has 0 saturated carbocycles. The number of nitrogens with zero attached hydrogens (tertiary/aromatic N) is 2. The van der Waals surface area contributed by atoms with Crippen LogP contribution in [0.5, 0.6) is 0 Å². The van der Waals surface area contributed by atoms with Crippen molar-refractivity contribution in [1.82, 2.24) is 9.80 Å². The van der Waals surface area contributed by atoms with Gasteiger partial charge < -0.3 is 20.3 Å². The normalized spacial score (nSPS) is 20.3. The summed E-state index contributed by atoms with van der Waals surface area (Å²) in [4.78, 5) is 28.4. The summed E-state index contributed by atoms with van der Waals surface area (Å²) in [5.41, 5.74) is 5.47. The molecule has 0 aromatic carbocycles. The summed E-state index contributed by atoms with van der Waals surface area (Å²) in [6.07, 6.45) is 1.45. The van der Waals surface area contributed by atoms with Crippen molar-refractivity contribution in [3.63, 3.8) is 0 Å². The van der Waals surface area contributed by atoms with Crippen LogP contribution in [0.1, 0.15) is 54.4 Å². The van der Waals surface area contributed by atoms with E-state index in [1.165, 1.54) is 0 Å². The third-order valence-corrected chi connectivity index (χ3v) is 4.12. The topological polar surface area (TPSA) is 75.9 Å². The average Bonchev–Trinajstić information content (AvgIpc) is 2.44. The number of carbonyl (C=O) groups excluding carboxylic acids is 2. The highest BCUT2D eigenvalue weighted by Crippen LogP contribution is 2.20. The van der Waals surface area contributed by atoms with Crippen LogP contribution in [0.15, 0.2) is 0 Å². The Morgan fingerprint density at radius 3 is 2.43 bits per heavy atom. The highest BCUT2D eigenvalue weighted by Gasteiger charge is 2.33. The minimum Gasteiger partial charge on any atom is -0.444 e. The molecule has 0 aromatic rings. The first-order chi connectivity index (χ1) is 10.6. The van der Waals surface area contributed by atoms with E-state index in [2.05, 4.69) is 0 Å². The van der Waals surface area contributed by atoms with E-state index < -0.39 is 11.6 Å². The van der Waals surface area contributed by atoms with Gasteiger partial charge in [-0.25, -0.2) is 4.79 Å².